The molecule has 0 aliphatic heterocycles. The van der Waals surface area contributed by atoms with Crippen molar-refractivity contribution in [1.29, 1.82) is 0 Å². The monoisotopic (exact) mass is 228 g/mol. The van der Waals surface area contributed by atoms with Gasteiger partial charge >= 0.3 is 0 Å². The van der Waals surface area contributed by atoms with Crippen LogP contribution in [0.5, 0.6) is 0 Å². The fraction of sp³-hybridized carbons (Fsp3) is 0. The van der Waals surface area contributed by atoms with Gasteiger partial charge in [-0.3, -0.25) is 0 Å². The van der Waals surface area contributed by atoms with E-state index < -0.39 is 0 Å². The van der Waals surface area contributed by atoms with Gasteiger partial charge < -0.3 is 5.84 Å². The molecule has 1 aromatic carbocycles. The average molecular weight is 229 g/mol. The van der Waals surface area contributed by atoms with Crippen LogP contribution in [-0.2, 0) is 0 Å². The first-order valence-electron chi connectivity index (χ1n) is 3.80. The smallest absolute Gasteiger partial charge is 0.243 e. The van der Waals surface area contributed by atoms with Crippen molar-refractivity contribution in [3.8, 4) is 11.4 Å². The standard InChI is InChI=1S/C8H6Cl2N4/c9-6-3-1-5(2-4-6)7-12-13-8(10)14(7)11/h1-4H,11H2. The molecular weight excluding hydrogens is 223 g/mol. The quantitative estimate of drug-likeness (QED) is 0.760. The molecule has 0 spiro atoms. The van der Waals surface area contributed by atoms with E-state index in [2.05, 4.69) is 10.2 Å². The Kier molecular flexibility index (Phi) is 2.31. The highest BCUT2D eigenvalue weighted by Crippen LogP contribution is 2.20. The fourth-order valence-corrected chi connectivity index (χ4v) is 1.31. The summed E-state index contributed by atoms with van der Waals surface area (Å²) in [5.74, 6) is 6.11. The maximum Gasteiger partial charge on any atom is 0.243 e. The Morgan fingerprint density at radius 2 is 1.71 bits per heavy atom. The van der Waals surface area contributed by atoms with Crippen LogP contribution >= 0.6 is 23.2 Å². The van der Waals surface area contributed by atoms with Crippen molar-refractivity contribution in [1.82, 2.24) is 14.9 Å². The minimum Gasteiger partial charge on any atom is -0.335 e. The molecule has 0 unspecified atom stereocenters. The second-order valence-electron chi connectivity index (χ2n) is 2.67. The minimum atomic E-state index is 0.148. The lowest BCUT2D eigenvalue weighted by Crippen LogP contribution is -2.09. The van der Waals surface area contributed by atoms with E-state index in [1.165, 1.54) is 4.68 Å². The lowest BCUT2D eigenvalue weighted by Gasteiger charge is -2.00. The van der Waals surface area contributed by atoms with Gasteiger partial charge in [0.05, 0.1) is 0 Å². The Morgan fingerprint density at radius 3 is 2.21 bits per heavy atom. The molecule has 14 heavy (non-hydrogen) atoms. The van der Waals surface area contributed by atoms with Crippen molar-refractivity contribution in [3.63, 3.8) is 0 Å². The second kappa shape index (κ2) is 3.48. The first kappa shape index (κ1) is 9.30. The van der Waals surface area contributed by atoms with Crippen molar-refractivity contribution in [3.05, 3.63) is 34.6 Å². The predicted octanol–water partition coefficient (Wildman–Crippen LogP) is 1.97. The summed E-state index contributed by atoms with van der Waals surface area (Å²) in [6, 6.07) is 7.09. The molecule has 6 heteroatoms. The Labute approximate surface area is 90.2 Å². The van der Waals surface area contributed by atoms with E-state index in [0.717, 1.165) is 5.56 Å². The van der Waals surface area contributed by atoms with E-state index in [9.17, 15) is 0 Å². The number of nitrogens with two attached hydrogens (primary N) is 1. The van der Waals surface area contributed by atoms with Crippen molar-refractivity contribution in [2.24, 2.45) is 0 Å². The summed E-state index contributed by atoms with van der Waals surface area (Å²) in [6.45, 7) is 0. The lowest BCUT2D eigenvalue weighted by molar-refractivity contribution is 1.01. The van der Waals surface area contributed by atoms with Crippen LogP contribution in [0, 0.1) is 0 Å². The van der Waals surface area contributed by atoms with Gasteiger partial charge in [-0.2, -0.15) is 0 Å². The number of hydrogen-bond donors (Lipinski definition) is 1. The molecule has 2 rings (SSSR count). The molecule has 0 aliphatic carbocycles. The summed E-state index contributed by atoms with van der Waals surface area (Å²) in [7, 11) is 0. The maximum absolute atomic E-state index is 5.74. The van der Waals surface area contributed by atoms with E-state index in [4.69, 9.17) is 29.0 Å². The summed E-state index contributed by atoms with van der Waals surface area (Å²) < 4.78 is 1.21. The zero-order chi connectivity index (χ0) is 10.1. The van der Waals surface area contributed by atoms with Gasteiger partial charge in [0.25, 0.3) is 0 Å². The SMILES string of the molecule is Nn1c(Cl)nnc1-c1ccc(Cl)cc1. The van der Waals surface area contributed by atoms with Crippen LogP contribution < -0.4 is 5.84 Å². The third-order valence-electron chi connectivity index (χ3n) is 1.76. The lowest BCUT2D eigenvalue weighted by atomic mass is 10.2. The van der Waals surface area contributed by atoms with Gasteiger partial charge in [0.2, 0.25) is 5.28 Å². The van der Waals surface area contributed by atoms with Crippen LogP contribution in [0.4, 0.5) is 0 Å². The van der Waals surface area contributed by atoms with Crippen molar-refractivity contribution < 1.29 is 0 Å². The van der Waals surface area contributed by atoms with Crippen molar-refractivity contribution in [2.75, 3.05) is 5.84 Å². The molecule has 0 saturated carbocycles. The van der Waals surface area contributed by atoms with Crippen LogP contribution in [0.25, 0.3) is 11.4 Å². The first-order valence-corrected chi connectivity index (χ1v) is 4.56. The zero-order valence-corrected chi connectivity index (χ0v) is 8.50. The number of nitrogens with zero attached hydrogens (tertiary/aromatic N) is 3. The molecule has 0 saturated heterocycles. The summed E-state index contributed by atoms with van der Waals surface area (Å²) in [5.41, 5.74) is 0.816. The van der Waals surface area contributed by atoms with Crippen LogP contribution in [0.3, 0.4) is 0 Å². The molecular formula is C8H6Cl2N4. The number of hydrogen-bond acceptors (Lipinski definition) is 3. The van der Waals surface area contributed by atoms with Crippen LogP contribution in [0.15, 0.2) is 24.3 Å². The molecule has 0 fully saturated rings. The zero-order valence-electron chi connectivity index (χ0n) is 6.98. The number of benzene rings is 1. The predicted molar refractivity (Wildman–Crippen MR) is 55.6 cm³/mol. The normalized spacial score (nSPS) is 10.4. The van der Waals surface area contributed by atoms with Gasteiger partial charge in [-0.05, 0) is 35.9 Å². The molecule has 72 valence electrons. The van der Waals surface area contributed by atoms with E-state index >= 15 is 0 Å². The second-order valence-corrected chi connectivity index (χ2v) is 3.44. The molecule has 2 N–H and O–H groups in total. The fourth-order valence-electron chi connectivity index (χ4n) is 1.07. The van der Waals surface area contributed by atoms with Gasteiger partial charge in [0.1, 0.15) is 0 Å². The van der Waals surface area contributed by atoms with Gasteiger partial charge in [-0.15, -0.1) is 10.2 Å². The van der Waals surface area contributed by atoms with Crippen molar-refractivity contribution in [2.45, 2.75) is 0 Å². The molecule has 1 heterocycles. The molecule has 2 aromatic rings. The number of rotatable bonds is 1. The third kappa shape index (κ3) is 1.54. The topological polar surface area (TPSA) is 56.7 Å². The van der Waals surface area contributed by atoms with E-state index in [-0.39, 0.29) is 5.28 Å². The van der Waals surface area contributed by atoms with E-state index in [1.807, 2.05) is 0 Å². The summed E-state index contributed by atoms with van der Waals surface area (Å²) in [6.07, 6.45) is 0. The van der Waals surface area contributed by atoms with Gasteiger partial charge in [0.15, 0.2) is 5.82 Å². The highest BCUT2D eigenvalue weighted by atomic mass is 35.5. The summed E-state index contributed by atoms with van der Waals surface area (Å²) >= 11 is 11.4. The minimum absolute atomic E-state index is 0.148. The molecule has 0 bridgehead atoms. The largest absolute Gasteiger partial charge is 0.335 e. The average Bonchev–Trinajstić information content (AvgIpc) is 2.50. The highest BCUT2D eigenvalue weighted by Gasteiger charge is 2.08. The highest BCUT2D eigenvalue weighted by molar-refractivity contribution is 6.30. The Bertz CT molecular complexity index is 449. The molecule has 4 nitrogen and oxygen atoms in total. The van der Waals surface area contributed by atoms with Gasteiger partial charge in [-0.25, -0.2) is 4.68 Å². The molecule has 1 aromatic heterocycles. The number of aromatic nitrogens is 3. The molecule has 0 amide bonds. The summed E-state index contributed by atoms with van der Waals surface area (Å²) in [5, 5.41) is 8.27. The number of nitrogen functional groups attached to an aromatic ring is 1. The van der Waals surface area contributed by atoms with Crippen molar-refractivity contribution >= 4 is 23.2 Å². The molecule has 0 radical (unpaired) electrons. The van der Waals surface area contributed by atoms with Crippen LogP contribution in [0.2, 0.25) is 10.3 Å². The van der Waals surface area contributed by atoms with E-state index in [1.54, 1.807) is 24.3 Å². The molecule has 0 aliphatic rings. The van der Waals surface area contributed by atoms with Gasteiger partial charge in [-0.1, -0.05) is 11.6 Å². The van der Waals surface area contributed by atoms with Crippen LogP contribution in [0.1, 0.15) is 0 Å². The first-order chi connectivity index (χ1) is 6.68. The Morgan fingerprint density at radius 1 is 1.07 bits per heavy atom. The molecule has 0 atom stereocenters. The van der Waals surface area contributed by atoms with Gasteiger partial charge in [0, 0.05) is 10.6 Å². The number of halogens is 2. The summed E-state index contributed by atoms with van der Waals surface area (Å²) in [4.78, 5) is 0. The van der Waals surface area contributed by atoms with E-state index in [0.29, 0.717) is 10.8 Å². The maximum atomic E-state index is 5.74. The third-order valence-corrected chi connectivity index (χ3v) is 2.27. The Balaban J connectivity index is 2.49. The van der Waals surface area contributed by atoms with Crippen LogP contribution in [-0.4, -0.2) is 14.9 Å². The Hall–Kier alpha value is -1.26.